The molecule has 0 spiro atoms. The summed E-state index contributed by atoms with van der Waals surface area (Å²) in [5.74, 6) is 0.598. The third-order valence-corrected chi connectivity index (χ3v) is 2.98. The van der Waals surface area contributed by atoms with E-state index in [2.05, 4.69) is 27.5 Å². The van der Waals surface area contributed by atoms with Gasteiger partial charge in [-0.3, -0.25) is 4.68 Å². The van der Waals surface area contributed by atoms with Gasteiger partial charge in [0.1, 0.15) is 4.99 Å². The molecule has 0 aliphatic rings. The van der Waals surface area contributed by atoms with E-state index in [1.807, 2.05) is 13.2 Å². The van der Waals surface area contributed by atoms with Gasteiger partial charge in [-0.2, -0.15) is 10.2 Å². The minimum atomic E-state index is 0.305. The number of aromatic nitrogens is 4. The Labute approximate surface area is 117 Å². The van der Waals surface area contributed by atoms with Crippen molar-refractivity contribution in [1.29, 1.82) is 0 Å². The lowest BCUT2D eigenvalue weighted by atomic mass is 10.2. The van der Waals surface area contributed by atoms with Crippen molar-refractivity contribution in [1.82, 2.24) is 20.0 Å². The van der Waals surface area contributed by atoms with Gasteiger partial charge in [0.15, 0.2) is 5.82 Å². The van der Waals surface area contributed by atoms with Gasteiger partial charge in [-0.1, -0.05) is 19.1 Å². The maximum Gasteiger partial charge on any atom is 0.159 e. The average molecular weight is 276 g/mol. The Kier molecular flexibility index (Phi) is 4.06. The van der Waals surface area contributed by atoms with Crippen LogP contribution in [0.5, 0.6) is 0 Å². The van der Waals surface area contributed by atoms with Crippen molar-refractivity contribution < 1.29 is 0 Å². The summed E-state index contributed by atoms with van der Waals surface area (Å²) in [7, 11) is 1.91. The van der Waals surface area contributed by atoms with E-state index in [9.17, 15) is 0 Å². The molecule has 2 aromatic heterocycles. The van der Waals surface area contributed by atoms with E-state index >= 15 is 0 Å². The van der Waals surface area contributed by atoms with Crippen LogP contribution in [0.25, 0.3) is 0 Å². The Balaban J connectivity index is 2.16. The lowest BCUT2D eigenvalue weighted by Crippen LogP contribution is -2.15. The maximum atomic E-state index is 5.65. The van der Waals surface area contributed by atoms with Gasteiger partial charge >= 0.3 is 0 Å². The number of thiocarbonyl (C=S) groups is 1. The van der Waals surface area contributed by atoms with E-state index in [1.165, 1.54) is 0 Å². The summed E-state index contributed by atoms with van der Waals surface area (Å²) in [6.45, 7) is 2.69. The Morgan fingerprint density at radius 3 is 3.00 bits per heavy atom. The number of nitrogens with one attached hydrogen (secondary N) is 1. The second-order valence-electron chi connectivity index (χ2n) is 4.14. The second kappa shape index (κ2) is 5.75. The van der Waals surface area contributed by atoms with Crippen molar-refractivity contribution in [3.63, 3.8) is 0 Å². The molecule has 0 atom stereocenters. The summed E-state index contributed by atoms with van der Waals surface area (Å²) in [5.41, 5.74) is 8.55. The molecule has 3 N–H and O–H groups in total. The summed E-state index contributed by atoms with van der Waals surface area (Å²) in [4.78, 5) is 0.305. The average Bonchev–Trinajstić information content (AvgIpc) is 2.77. The van der Waals surface area contributed by atoms with E-state index in [0.717, 1.165) is 17.7 Å². The minimum Gasteiger partial charge on any atom is -0.389 e. The molecule has 2 heterocycles. The molecule has 7 heteroatoms. The molecule has 0 fully saturated rings. The van der Waals surface area contributed by atoms with Gasteiger partial charge in [0.2, 0.25) is 0 Å². The molecule has 2 aromatic rings. The molecule has 6 nitrogen and oxygen atoms in total. The molecule has 100 valence electrons. The van der Waals surface area contributed by atoms with Crippen LogP contribution in [-0.4, -0.2) is 25.0 Å². The zero-order valence-corrected chi connectivity index (χ0v) is 11.7. The first kappa shape index (κ1) is 13.4. The van der Waals surface area contributed by atoms with Crippen molar-refractivity contribution in [2.75, 3.05) is 5.32 Å². The van der Waals surface area contributed by atoms with Crippen LogP contribution in [0.2, 0.25) is 0 Å². The lowest BCUT2D eigenvalue weighted by molar-refractivity contribution is 0.746. The van der Waals surface area contributed by atoms with Crippen LogP contribution < -0.4 is 11.1 Å². The number of rotatable bonds is 5. The molecular formula is C12H16N6S. The fraction of sp³-hybridized carbons (Fsp3) is 0.333. The van der Waals surface area contributed by atoms with E-state index in [1.54, 1.807) is 16.9 Å². The quantitative estimate of drug-likeness (QED) is 0.794. The van der Waals surface area contributed by atoms with E-state index in [0.29, 0.717) is 22.9 Å². The fourth-order valence-electron chi connectivity index (χ4n) is 1.87. The van der Waals surface area contributed by atoms with Gasteiger partial charge in [-0.15, -0.1) is 5.10 Å². The molecule has 2 rings (SSSR count). The molecule has 19 heavy (non-hydrogen) atoms. The van der Waals surface area contributed by atoms with Gasteiger partial charge in [-0.05, 0) is 12.5 Å². The molecule has 0 saturated carbocycles. The number of nitrogens with zero attached hydrogens (tertiary/aromatic N) is 4. The van der Waals surface area contributed by atoms with Crippen molar-refractivity contribution in [3.8, 4) is 0 Å². The molecule has 0 unspecified atom stereocenters. The van der Waals surface area contributed by atoms with Crippen LogP contribution in [-0.2, 0) is 20.0 Å². The largest absolute Gasteiger partial charge is 0.389 e. The summed E-state index contributed by atoms with van der Waals surface area (Å²) < 4.78 is 1.81. The standard InChI is InChI=1S/C12H16N6S/c1-3-10-8(7-18(2)17-10)6-14-12-9(11(13)19)4-5-15-16-12/h4-5,7H,3,6H2,1-2H3,(H2,13,19)(H,14,16). The zero-order valence-electron chi connectivity index (χ0n) is 10.9. The third kappa shape index (κ3) is 3.05. The van der Waals surface area contributed by atoms with Gasteiger partial charge in [0.05, 0.1) is 17.5 Å². The number of nitrogens with two attached hydrogens (primary N) is 1. The fourth-order valence-corrected chi connectivity index (χ4v) is 2.03. The lowest BCUT2D eigenvalue weighted by Gasteiger charge is -2.08. The molecular weight excluding hydrogens is 260 g/mol. The molecule has 0 aliphatic carbocycles. The van der Waals surface area contributed by atoms with E-state index < -0.39 is 0 Å². The molecule has 0 aliphatic heterocycles. The Morgan fingerprint density at radius 1 is 1.53 bits per heavy atom. The van der Waals surface area contributed by atoms with Crippen molar-refractivity contribution in [2.45, 2.75) is 19.9 Å². The number of anilines is 1. The monoisotopic (exact) mass is 276 g/mol. The Morgan fingerprint density at radius 2 is 2.32 bits per heavy atom. The van der Waals surface area contributed by atoms with Crippen molar-refractivity contribution in [2.24, 2.45) is 12.8 Å². The van der Waals surface area contributed by atoms with E-state index in [4.69, 9.17) is 18.0 Å². The van der Waals surface area contributed by atoms with E-state index in [-0.39, 0.29) is 0 Å². The number of hydrogen-bond acceptors (Lipinski definition) is 5. The highest BCUT2D eigenvalue weighted by Crippen LogP contribution is 2.13. The minimum absolute atomic E-state index is 0.305. The van der Waals surface area contributed by atoms with Crippen LogP contribution in [0.1, 0.15) is 23.7 Å². The summed E-state index contributed by atoms with van der Waals surface area (Å²) in [5, 5.41) is 15.5. The predicted molar refractivity (Wildman–Crippen MR) is 77.8 cm³/mol. The molecule has 0 bridgehead atoms. The highest BCUT2D eigenvalue weighted by Gasteiger charge is 2.09. The molecule has 0 radical (unpaired) electrons. The van der Waals surface area contributed by atoms with Crippen molar-refractivity contribution >= 4 is 23.0 Å². The number of hydrogen-bond donors (Lipinski definition) is 2. The van der Waals surface area contributed by atoms with Gasteiger partial charge < -0.3 is 11.1 Å². The second-order valence-corrected chi connectivity index (χ2v) is 4.58. The van der Waals surface area contributed by atoms with Crippen LogP contribution in [0.3, 0.4) is 0 Å². The first-order chi connectivity index (χ1) is 9.11. The molecule has 0 saturated heterocycles. The topological polar surface area (TPSA) is 81.7 Å². The van der Waals surface area contributed by atoms with Crippen LogP contribution in [0.15, 0.2) is 18.5 Å². The van der Waals surface area contributed by atoms with Gasteiger partial charge in [0, 0.05) is 25.4 Å². The van der Waals surface area contributed by atoms with Gasteiger partial charge in [-0.25, -0.2) is 0 Å². The summed E-state index contributed by atoms with van der Waals surface area (Å²) in [6.07, 6.45) is 4.45. The highest BCUT2D eigenvalue weighted by atomic mass is 32.1. The highest BCUT2D eigenvalue weighted by molar-refractivity contribution is 7.80. The number of aryl methyl sites for hydroxylation is 2. The summed E-state index contributed by atoms with van der Waals surface area (Å²) >= 11 is 4.99. The third-order valence-electron chi connectivity index (χ3n) is 2.76. The smallest absolute Gasteiger partial charge is 0.159 e. The first-order valence-corrected chi connectivity index (χ1v) is 6.39. The summed E-state index contributed by atoms with van der Waals surface area (Å²) in [6, 6.07) is 1.75. The molecule has 0 amide bonds. The first-order valence-electron chi connectivity index (χ1n) is 5.98. The Hall–Kier alpha value is -2.02. The Bertz CT molecular complexity index is 592. The maximum absolute atomic E-state index is 5.65. The van der Waals surface area contributed by atoms with Crippen LogP contribution in [0, 0.1) is 0 Å². The SMILES string of the molecule is CCc1nn(C)cc1CNc1nnccc1C(N)=S. The normalized spacial score (nSPS) is 10.4. The van der Waals surface area contributed by atoms with Gasteiger partial charge in [0.25, 0.3) is 0 Å². The zero-order chi connectivity index (χ0) is 13.8. The van der Waals surface area contributed by atoms with Crippen LogP contribution in [0.4, 0.5) is 5.82 Å². The van der Waals surface area contributed by atoms with Crippen molar-refractivity contribution in [3.05, 3.63) is 35.3 Å². The van der Waals surface area contributed by atoms with Crippen LogP contribution >= 0.6 is 12.2 Å². The predicted octanol–water partition coefficient (Wildman–Crippen LogP) is 1.02. The molecule has 0 aromatic carbocycles.